The lowest BCUT2D eigenvalue weighted by molar-refractivity contribution is -0.116. The van der Waals surface area contributed by atoms with Crippen molar-refractivity contribution in [3.63, 3.8) is 0 Å². The SMILES string of the molecule is COCOc1cccc(OCOC)c1CC(C)=O. The summed E-state index contributed by atoms with van der Waals surface area (Å²) in [4.78, 5) is 11.3. The predicted molar refractivity (Wildman–Crippen MR) is 65.8 cm³/mol. The van der Waals surface area contributed by atoms with Gasteiger partial charge in [-0.25, -0.2) is 0 Å². The van der Waals surface area contributed by atoms with Gasteiger partial charge < -0.3 is 18.9 Å². The Labute approximate surface area is 107 Å². The van der Waals surface area contributed by atoms with Crippen molar-refractivity contribution in [1.29, 1.82) is 0 Å². The van der Waals surface area contributed by atoms with Gasteiger partial charge in [0.15, 0.2) is 13.6 Å². The number of rotatable bonds is 8. The van der Waals surface area contributed by atoms with E-state index in [4.69, 9.17) is 18.9 Å². The zero-order valence-electron chi connectivity index (χ0n) is 10.9. The van der Waals surface area contributed by atoms with Crippen molar-refractivity contribution in [1.82, 2.24) is 0 Å². The number of Topliss-reactive ketones (excluding diaryl/α,β-unsaturated/α-hetero) is 1. The van der Waals surface area contributed by atoms with Crippen LogP contribution in [0.5, 0.6) is 11.5 Å². The minimum Gasteiger partial charge on any atom is -0.467 e. The fourth-order valence-corrected chi connectivity index (χ4v) is 1.48. The maximum absolute atomic E-state index is 11.3. The molecular weight excluding hydrogens is 236 g/mol. The summed E-state index contributed by atoms with van der Waals surface area (Å²) >= 11 is 0. The lowest BCUT2D eigenvalue weighted by atomic mass is 10.1. The van der Waals surface area contributed by atoms with Gasteiger partial charge in [-0.2, -0.15) is 0 Å². The van der Waals surface area contributed by atoms with Crippen molar-refractivity contribution in [2.75, 3.05) is 27.8 Å². The third-order valence-corrected chi connectivity index (χ3v) is 2.18. The highest BCUT2D eigenvalue weighted by atomic mass is 16.7. The standard InChI is InChI=1S/C13H18O5/c1-10(14)7-11-12(17-8-15-2)5-4-6-13(11)18-9-16-3/h4-6H,7-9H2,1-3H3. The molecule has 0 aliphatic rings. The minimum atomic E-state index is 0.0331. The summed E-state index contributed by atoms with van der Waals surface area (Å²) < 4.78 is 20.5. The first-order chi connectivity index (χ1) is 8.69. The second kappa shape index (κ2) is 7.68. The molecule has 0 atom stereocenters. The highest BCUT2D eigenvalue weighted by Gasteiger charge is 2.13. The molecule has 18 heavy (non-hydrogen) atoms. The average Bonchev–Trinajstić information content (AvgIpc) is 2.35. The Morgan fingerprint density at radius 2 is 1.56 bits per heavy atom. The van der Waals surface area contributed by atoms with Gasteiger partial charge in [-0.3, -0.25) is 4.79 Å². The van der Waals surface area contributed by atoms with E-state index in [-0.39, 0.29) is 25.8 Å². The molecule has 0 aromatic heterocycles. The van der Waals surface area contributed by atoms with Crippen LogP contribution in [0.15, 0.2) is 18.2 Å². The van der Waals surface area contributed by atoms with Crippen LogP contribution >= 0.6 is 0 Å². The first-order valence-corrected chi connectivity index (χ1v) is 5.53. The van der Waals surface area contributed by atoms with Crippen molar-refractivity contribution >= 4 is 5.78 Å². The van der Waals surface area contributed by atoms with E-state index in [1.807, 2.05) is 0 Å². The summed E-state index contributed by atoms with van der Waals surface area (Å²) in [6.45, 7) is 1.77. The summed E-state index contributed by atoms with van der Waals surface area (Å²) in [6, 6.07) is 5.34. The number of carbonyl (C=O) groups excluding carboxylic acids is 1. The number of ether oxygens (including phenoxy) is 4. The Balaban J connectivity index is 2.96. The normalized spacial score (nSPS) is 10.2. The van der Waals surface area contributed by atoms with E-state index in [0.717, 1.165) is 0 Å². The van der Waals surface area contributed by atoms with E-state index in [1.165, 1.54) is 21.1 Å². The summed E-state index contributed by atoms with van der Waals surface area (Å²) in [5, 5.41) is 0. The van der Waals surface area contributed by atoms with Crippen molar-refractivity contribution < 1.29 is 23.7 Å². The third-order valence-electron chi connectivity index (χ3n) is 2.18. The van der Waals surface area contributed by atoms with Gasteiger partial charge >= 0.3 is 0 Å². The fourth-order valence-electron chi connectivity index (χ4n) is 1.48. The highest BCUT2D eigenvalue weighted by Crippen LogP contribution is 2.29. The van der Waals surface area contributed by atoms with Crippen LogP contribution in [-0.4, -0.2) is 33.6 Å². The Hall–Kier alpha value is -1.59. The summed E-state index contributed by atoms with van der Waals surface area (Å²) in [6.07, 6.45) is 0.249. The molecule has 0 saturated carbocycles. The maximum Gasteiger partial charge on any atom is 0.188 e. The minimum absolute atomic E-state index is 0.0331. The lowest BCUT2D eigenvalue weighted by Gasteiger charge is -2.14. The average molecular weight is 254 g/mol. The molecule has 100 valence electrons. The maximum atomic E-state index is 11.3. The molecule has 0 aliphatic heterocycles. The molecule has 0 unspecified atom stereocenters. The molecule has 1 aromatic rings. The van der Waals surface area contributed by atoms with E-state index in [9.17, 15) is 4.79 Å². The van der Waals surface area contributed by atoms with Crippen LogP contribution < -0.4 is 9.47 Å². The van der Waals surface area contributed by atoms with Crippen molar-refractivity contribution in [2.24, 2.45) is 0 Å². The second-order valence-corrected chi connectivity index (χ2v) is 3.71. The molecule has 1 aromatic carbocycles. The number of ketones is 1. The Morgan fingerprint density at radius 3 is 1.94 bits per heavy atom. The zero-order valence-corrected chi connectivity index (χ0v) is 10.9. The van der Waals surface area contributed by atoms with Gasteiger partial charge in [0.1, 0.15) is 17.3 Å². The first-order valence-electron chi connectivity index (χ1n) is 5.53. The predicted octanol–water partition coefficient (Wildman–Crippen LogP) is 1.78. The molecule has 0 bridgehead atoms. The van der Waals surface area contributed by atoms with Crippen LogP contribution in [0.2, 0.25) is 0 Å². The fraction of sp³-hybridized carbons (Fsp3) is 0.462. The molecule has 0 heterocycles. The van der Waals surface area contributed by atoms with Gasteiger partial charge in [0.2, 0.25) is 0 Å². The summed E-state index contributed by atoms with van der Waals surface area (Å²) in [7, 11) is 3.08. The number of benzene rings is 1. The first kappa shape index (κ1) is 14.5. The highest BCUT2D eigenvalue weighted by molar-refractivity contribution is 5.80. The topological polar surface area (TPSA) is 54.0 Å². The van der Waals surface area contributed by atoms with Crippen molar-refractivity contribution in [3.05, 3.63) is 23.8 Å². The molecule has 5 nitrogen and oxygen atoms in total. The van der Waals surface area contributed by atoms with Crippen LogP contribution in [0.1, 0.15) is 12.5 Å². The number of carbonyl (C=O) groups is 1. The molecular formula is C13H18O5. The molecule has 0 radical (unpaired) electrons. The second-order valence-electron chi connectivity index (χ2n) is 3.71. The van der Waals surface area contributed by atoms with Crippen molar-refractivity contribution in [2.45, 2.75) is 13.3 Å². The molecule has 0 saturated heterocycles. The Morgan fingerprint density at radius 1 is 1.06 bits per heavy atom. The van der Waals surface area contributed by atoms with E-state index >= 15 is 0 Å². The molecule has 0 aliphatic carbocycles. The van der Waals surface area contributed by atoms with Crippen LogP contribution in [-0.2, 0) is 20.7 Å². The van der Waals surface area contributed by atoms with Gasteiger partial charge in [-0.15, -0.1) is 0 Å². The molecule has 0 spiro atoms. The monoisotopic (exact) mass is 254 g/mol. The van der Waals surface area contributed by atoms with Crippen LogP contribution in [0.4, 0.5) is 0 Å². The third kappa shape index (κ3) is 4.35. The van der Waals surface area contributed by atoms with E-state index in [0.29, 0.717) is 17.1 Å². The largest absolute Gasteiger partial charge is 0.467 e. The van der Waals surface area contributed by atoms with Crippen molar-refractivity contribution in [3.8, 4) is 11.5 Å². The smallest absolute Gasteiger partial charge is 0.188 e. The van der Waals surface area contributed by atoms with Gasteiger partial charge in [-0.05, 0) is 19.1 Å². The molecule has 0 N–H and O–H groups in total. The van der Waals surface area contributed by atoms with Crippen LogP contribution in [0.25, 0.3) is 0 Å². The van der Waals surface area contributed by atoms with E-state index in [2.05, 4.69) is 0 Å². The van der Waals surface area contributed by atoms with E-state index < -0.39 is 0 Å². The van der Waals surface area contributed by atoms with Gasteiger partial charge in [0, 0.05) is 26.2 Å². The quantitative estimate of drug-likeness (QED) is 0.662. The van der Waals surface area contributed by atoms with Crippen LogP contribution in [0.3, 0.4) is 0 Å². The van der Waals surface area contributed by atoms with Gasteiger partial charge in [0.25, 0.3) is 0 Å². The summed E-state index contributed by atoms with van der Waals surface area (Å²) in [5.41, 5.74) is 0.708. The Bertz CT molecular complexity index is 363. The van der Waals surface area contributed by atoms with Crippen LogP contribution in [0, 0.1) is 0 Å². The van der Waals surface area contributed by atoms with Gasteiger partial charge in [0.05, 0.1) is 0 Å². The number of methoxy groups -OCH3 is 2. The van der Waals surface area contributed by atoms with E-state index in [1.54, 1.807) is 18.2 Å². The zero-order chi connectivity index (χ0) is 13.4. The molecule has 0 fully saturated rings. The van der Waals surface area contributed by atoms with Gasteiger partial charge in [-0.1, -0.05) is 6.07 Å². The molecule has 1 rings (SSSR count). The molecule has 0 amide bonds. The lowest BCUT2D eigenvalue weighted by Crippen LogP contribution is -2.08. The number of hydrogen-bond acceptors (Lipinski definition) is 5. The molecule has 5 heteroatoms. The summed E-state index contributed by atoms with van der Waals surface area (Å²) in [5.74, 6) is 1.20. The number of hydrogen-bond donors (Lipinski definition) is 0. The Kier molecular flexibility index (Phi) is 6.18.